The van der Waals surface area contributed by atoms with Crippen molar-refractivity contribution in [2.45, 2.75) is 12.5 Å². The number of carbonyl (C=O) groups is 1. The van der Waals surface area contributed by atoms with Crippen molar-refractivity contribution in [3.05, 3.63) is 12.4 Å². The van der Waals surface area contributed by atoms with Crippen LogP contribution in [0.1, 0.15) is 6.42 Å². The molecule has 1 aliphatic rings. The molecular weight excluding hydrogens is 197 g/mol. The molecule has 0 aromatic rings. The molecule has 0 unspecified atom stereocenters. The summed E-state index contributed by atoms with van der Waals surface area (Å²) in [5, 5.41) is 8.62. The molecule has 0 bridgehead atoms. The molecule has 0 saturated carbocycles. The van der Waals surface area contributed by atoms with Crippen LogP contribution in [0, 0.1) is 11.3 Å². The maximum Gasteiger partial charge on any atom is 0.282 e. The minimum absolute atomic E-state index is 0.226. The van der Waals surface area contributed by atoms with Gasteiger partial charge in [0.05, 0.1) is 18.5 Å². The second-order valence-electron chi connectivity index (χ2n) is 3.68. The second-order valence-corrected chi connectivity index (χ2v) is 3.68. The molecule has 0 aliphatic carbocycles. The number of hydrogen-bond acceptors (Lipinski definition) is 3. The lowest BCUT2D eigenvalue weighted by Gasteiger charge is -2.38. The number of amides is 1. The van der Waals surface area contributed by atoms with E-state index >= 15 is 0 Å². The van der Waals surface area contributed by atoms with Gasteiger partial charge in [0.1, 0.15) is 0 Å². The molecule has 5 heteroatoms. The zero-order chi connectivity index (χ0) is 11.4. The highest BCUT2D eigenvalue weighted by atomic mass is 19.1. The number of halogens is 1. The standard InChI is InChI=1S/C10H14FN3O/c1-8(11)10(15)14-6-5-13(2)7-9(14)3-4-12/h9H,1,3,5-7H2,2H3/t9-/m0/s1. The van der Waals surface area contributed by atoms with Crippen LogP contribution in [0.4, 0.5) is 4.39 Å². The van der Waals surface area contributed by atoms with E-state index in [0.29, 0.717) is 19.6 Å². The highest BCUT2D eigenvalue weighted by Crippen LogP contribution is 2.14. The zero-order valence-corrected chi connectivity index (χ0v) is 8.74. The maximum absolute atomic E-state index is 12.7. The molecule has 0 spiro atoms. The number of carbonyl (C=O) groups excluding carboxylic acids is 1. The largest absolute Gasteiger partial charge is 0.330 e. The Balaban J connectivity index is 2.73. The summed E-state index contributed by atoms with van der Waals surface area (Å²) in [5.74, 6) is -1.65. The molecule has 1 fully saturated rings. The van der Waals surface area contributed by atoms with Crippen molar-refractivity contribution >= 4 is 5.91 Å². The minimum Gasteiger partial charge on any atom is -0.330 e. The van der Waals surface area contributed by atoms with Gasteiger partial charge < -0.3 is 9.80 Å². The summed E-state index contributed by atoms with van der Waals surface area (Å²) in [6, 6.07) is 1.78. The summed E-state index contributed by atoms with van der Waals surface area (Å²) in [4.78, 5) is 14.8. The molecule has 0 N–H and O–H groups in total. The summed E-state index contributed by atoms with van der Waals surface area (Å²) in [6.07, 6.45) is 0.226. The van der Waals surface area contributed by atoms with Gasteiger partial charge in [0, 0.05) is 19.6 Å². The van der Waals surface area contributed by atoms with E-state index in [1.54, 1.807) is 0 Å². The van der Waals surface area contributed by atoms with Gasteiger partial charge in [-0.15, -0.1) is 0 Å². The fraction of sp³-hybridized carbons (Fsp3) is 0.600. The van der Waals surface area contributed by atoms with E-state index in [1.165, 1.54) is 4.90 Å². The lowest BCUT2D eigenvalue weighted by Crippen LogP contribution is -2.54. The molecule has 0 radical (unpaired) electrons. The number of hydrogen-bond donors (Lipinski definition) is 0. The highest BCUT2D eigenvalue weighted by molar-refractivity contribution is 5.90. The lowest BCUT2D eigenvalue weighted by atomic mass is 10.1. The van der Waals surface area contributed by atoms with Crippen LogP contribution >= 0.6 is 0 Å². The van der Waals surface area contributed by atoms with Crippen molar-refractivity contribution in [1.82, 2.24) is 9.80 Å². The molecule has 1 aliphatic heterocycles. The molecule has 1 amide bonds. The van der Waals surface area contributed by atoms with Crippen LogP contribution in [0.15, 0.2) is 12.4 Å². The smallest absolute Gasteiger partial charge is 0.282 e. The van der Waals surface area contributed by atoms with E-state index in [-0.39, 0.29) is 12.5 Å². The van der Waals surface area contributed by atoms with Gasteiger partial charge >= 0.3 is 0 Å². The fourth-order valence-corrected chi connectivity index (χ4v) is 1.71. The SMILES string of the molecule is C=C(F)C(=O)N1CCN(C)C[C@@H]1CC#N. The van der Waals surface area contributed by atoms with Crippen molar-refractivity contribution in [1.29, 1.82) is 5.26 Å². The monoisotopic (exact) mass is 211 g/mol. The molecule has 15 heavy (non-hydrogen) atoms. The number of rotatable bonds is 2. The number of piperazine rings is 1. The minimum atomic E-state index is -0.956. The molecule has 0 aromatic heterocycles. The van der Waals surface area contributed by atoms with Gasteiger partial charge in [0.15, 0.2) is 5.83 Å². The summed E-state index contributed by atoms with van der Waals surface area (Å²) in [5.41, 5.74) is 0. The quantitative estimate of drug-likeness (QED) is 0.626. The van der Waals surface area contributed by atoms with Gasteiger partial charge in [0.25, 0.3) is 5.91 Å². The van der Waals surface area contributed by atoms with Gasteiger partial charge in [-0.1, -0.05) is 6.58 Å². The Morgan fingerprint density at radius 2 is 2.33 bits per heavy atom. The Bertz CT molecular complexity index is 310. The average molecular weight is 211 g/mol. The lowest BCUT2D eigenvalue weighted by molar-refractivity contribution is -0.133. The molecule has 0 aromatic carbocycles. The number of likely N-dealkylation sites (N-methyl/N-ethyl adjacent to an activating group) is 1. The topological polar surface area (TPSA) is 47.3 Å². The molecule has 4 nitrogen and oxygen atoms in total. The molecule has 1 saturated heterocycles. The first-order valence-corrected chi connectivity index (χ1v) is 4.77. The molecule has 1 atom stereocenters. The summed E-state index contributed by atoms with van der Waals surface area (Å²) < 4.78 is 12.7. The van der Waals surface area contributed by atoms with Gasteiger partial charge in [-0.2, -0.15) is 5.26 Å². The van der Waals surface area contributed by atoms with E-state index in [4.69, 9.17) is 5.26 Å². The highest BCUT2D eigenvalue weighted by Gasteiger charge is 2.29. The third-order valence-electron chi connectivity index (χ3n) is 2.51. The van der Waals surface area contributed by atoms with Crippen LogP contribution in [0.5, 0.6) is 0 Å². The first-order valence-electron chi connectivity index (χ1n) is 4.77. The van der Waals surface area contributed by atoms with Crippen LogP contribution in [-0.4, -0.2) is 48.4 Å². The molecule has 1 rings (SSSR count). The third-order valence-corrected chi connectivity index (χ3v) is 2.51. The Kier molecular flexibility index (Phi) is 3.81. The number of nitrogens with zero attached hydrogens (tertiary/aromatic N) is 3. The van der Waals surface area contributed by atoms with E-state index < -0.39 is 11.7 Å². The van der Waals surface area contributed by atoms with Gasteiger partial charge in [-0.3, -0.25) is 4.79 Å². The predicted molar refractivity (Wildman–Crippen MR) is 53.5 cm³/mol. The van der Waals surface area contributed by atoms with E-state index in [2.05, 4.69) is 6.58 Å². The third kappa shape index (κ3) is 2.77. The molecule has 82 valence electrons. The number of nitriles is 1. The Morgan fingerprint density at radius 3 is 2.87 bits per heavy atom. The Labute approximate surface area is 88.6 Å². The van der Waals surface area contributed by atoms with Crippen LogP contribution in [-0.2, 0) is 4.79 Å². The van der Waals surface area contributed by atoms with Crippen molar-refractivity contribution in [3.63, 3.8) is 0 Å². The average Bonchev–Trinajstić information content (AvgIpc) is 2.17. The maximum atomic E-state index is 12.7. The van der Waals surface area contributed by atoms with Gasteiger partial charge in [0.2, 0.25) is 0 Å². The molecule has 1 heterocycles. The van der Waals surface area contributed by atoms with Crippen LogP contribution < -0.4 is 0 Å². The van der Waals surface area contributed by atoms with E-state index in [1.807, 2.05) is 18.0 Å². The Morgan fingerprint density at radius 1 is 1.67 bits per heavy atom. The summed E-state index contributed by atoms with van der Waals surface area (Å²) in [7, 11) is 1.91. The Hall–Kier alpha value is -1.41. The normalized spacial score (nSPS) is 22.2. The van der Waals surface area contributed by atoms with Crippen molar-refractivity contribution in [2.75, 3.05) is 26.7 Å². The van der Waals surface area contributed by atoms with E-state index in [9.17, 15) is 9.18 Å². The van der Waals surface area contributed by atoms with Gasteiger partial charge in [-0.25, -0.2) is 4.39 Å². The van der Waals surface area contributed by atoms with Crippen LogP contribution in [0.2, 0.25) is 0 Å². The van der Waals surface area contributed by atoms with Crippen molar-refractivity contribution < 1.29 is 9.18 Å². The first kappa shape index (κ1) is 11.7. The fourth-order valence-electron chi connectivity index (χ4n) is 1.71. The van der Waals surface area contributed by atoms with Crippen LogP contribution in [0.25, 0.3) is 0 Å². The summed E-state index contributed by atoms with van der Waals surface area (Å²) >= 11 is 0. The molecular formula is C10H14FN3O. The first-order chi connectivity index (χ1) is 7.06. The van der Waals surface area contributed by atoms with Crippen molar-refractivity contribution in [2.24, 2.45) is 0 Å². The van der Waals surface area contributed by atoms with Crippen molar-refractivity contribution in [3.8, 4) is 6.07 Å². The zero-order valence-electron chi connectivity index (χ0n) is 8.74. The second kappa shape index (κ2) is 4.89. The predicted octanol–water partition coefficient (Wildman–Crippen LogP) is 0.526. The van der Waals surface area contributed by atoms with Crippen LogP contribution in [0.3, 0.4) is 0 Å². The van der Waals surface area contributed by atoms with E-state index in [0.717, 1.165) is 0 Å². The van der Waals surface area contributed by atoms with Gasteiger partial charge in [-0.05, 0) is 7.05 Å². The summed E-state index contributed by atoms with van der Waals surface area (Å²) in [6.45, 7) is 4.74.